The molecule has 0 spiro atoms. The summed E-state index contributed by atoms with van der Waals surface area (Å²) < 4.78 is 50.8. The molecule has 0 bridgehead atoms. The molecule has 1 N–H and O–H groups in total. The molecule has 0 atom stereocenters. The predicted molar refractivity (Wildman–Crippen MR) is 107 cm³/mol. The lowest BCUT2D eigenvalue weighted by atomic mass is 10.1. The number of alkyl halides is 3. The van der Waals surface area contributed by atoms with Gasteiger partial charge >= 0.3 is 6.18 Å². The Morgan fingerprint density at radius 1 is 0.900 bits per heavy atom. The third-order valence-corrected chi connectivity index (χ3v) is 5.36. The van der Waals surface area contributed by atoms with Crippen LogP contribution in [0.3, 0.4) is 0 Å². The van der Waals surface area contributed by atoms with Crippen LogP contribution in [0.1, 0.15) is 17.8 Å². The second-order valence-corrected chi connectivity index (χ2v) is 7.57. The molecule has 0 aliphatic heterocycles. The molecule has 4 rings (SSSR count). The maximum Gasteiger partial charge on any atom is 0.451 e. The van der Waals surface area contributed by atoms with Crippen LogP contribution in [0.2, 0.25) is 0 Å². The van der Waals surface area contributed by atoms with Crippen LogP contribution in [0.4, 0.5) is 22.7 Å². The molecule has 3 aromatic heterocycles. The lowest BCUT2D eigenvalue weighted by Gasteiger charge is -2.06. The van der Waals surface area contributed by atoms with Crippen molar-refractivity contribution in [1.29, 1.82) is 0 Å². The van der Waals surface area contributed by atoms with E-state index in [9.17, 15) is 17.6 Å². The van der Waals surface area contributed by atoms with Crippen molar-refractivity contribution in [3.63, 3.8) is 0 Å². The van der Waals surface area contributed by atoms with Gasteiger partial charge in [-0.25, -0.2) is 19.9 Å². The number of fused-ring (bicyclic) bond motifs is 1. The van der Waals surface area contributed by atoms with Crippen molar-refractivity contribution in [3.05, 3.63) is 66.4 Å². The summed E-state index contributed by atoms with van der Waals surface area (Å²) >= 11 is 1.47. The molecular formula is C20H15F4N5S. The fourth-order valence-corrected chi connectivity index (χ4v) is 3.71. The topological polar surface area (TPSA) is 63.6 Å². The summed E-state index contributed by atoms with van der Waals surface area (Å²) in [4.78, 5) is 15.6. The lowest BCUT2D eigenvalue weighted by molar-refractivity contribution is -0.145. The average molecular weight is 433 g/mol. The molecule has 154 valence electrons. The van der Waals surface area contributed by atoms with Crippen molar-refractivity contribution in [1.82, 2.24) is 19.9 Å². The number of nitrogens with zero attached hydrogens (tertiary/aromatic N) is 4. The number of rotatable bonds is 6. The largest absolute Gasteiger partial charge is 0.451 e. The summed E-state index contributed by atoms with van der Waals surface area (Å²) in [5.41, 5.74) is 1.57. The highest BCUT2D eigenvalue weighted by Crippen LogP contribution is 2.31. The van der Waals surface area contributed by atoms with E-state index >= 15 is 0 Å². The third kappa shape index (κ3) is 4.70. The van der Waals surface area contributed by atoms with E-state index in [1.54, 1.807) is 6.20 Å². The summed E-state index contributed by atoms with van der Waals surface area (Å²) in [7, 11) is 0. The minimum absolute atomic E-state index is 0.523. The summed E-state index contributed by atoms with van der Waals surface area (Å²) in [6, 6.07) is 7.10. The molecule has 5 nitrogen and oxygen atoms in total. The van der Waals surface area contributed by atoms with Crippen LogP contribution in [-0.4, -0.2) is 26.5 Å². The van der Waals surface area contributed by atoms with E-state index < -0.39 is 17.9 Å². The fraction of sp³-hybridized carbons (Fsp3) is 0.200. The van der Waals surface area contributed by atoms with Crippen molar-refractivity contribution >= 4 is 27.2 Å². The van der Waals surface area contributed by atoms with Crippen LogP contribution in [0.15, 0.2) is 49.1 Å². The van der Waals surface area contributed by atoms with Gasteiger partial charge in [0.1, 0.15) is 0 Å². The number of benzene rings is 1. The minimum Gasteiger partial charge on any atom is -0.361 e. The van der Waals surface area contributed by atoms with Crippen molar-refractivity contribution in [2.45, 2.75) is 19.0 Å². The molecular weight excluding hydrogens is 418 g/mol. The number of anilines is 1. The second kappa shape index (κ2) is 8.31. The zero-order valence-corrected chi connectivity index (χ0v) is 16.3. The third-order valence-electron chi connectivity index (χ3n) is 4.36. The normalized spacial score (nSPS) is 11.7. The van der Waals surface area contributed by atoms with Gasteiger partial charge in [0.05, 0.1) is 4.88 Å². The summed E-state index contributed by atoms with van der Waals surface area (Å²) in [6.07, 6.45) is 2.36. The molecule has 0 radical (unpaired) electrons. The molecule has 0 fully saturated rings. The first-order valence-corrected chi connectivity index (χ1v) is 9.84. The number of aromatic nitrogens is 4. The van der Waals surface area contributed by atoms with E-state index in [0.717, 1.165) is 26.3 Å². The highest BCUT2D eigenvalue weighted by molar-refractivity contribution is 7.18. The molecule has 30 heavy (non-hydrogen) atoms. The molecule has 4 aromatic rings. The first-order valence-electron chi connectivity index (χ1n) is 9.02. The van der Waals surface area contributed by atoms with Crippen LogP contribution in [0.25, 0.3) is 21.2 Å². The van der Waals surface area contributed by atoms with Gasteiger partial charge in [0.2, 0.25) is 11.8 Å². The smallest absolute Gasteiger partial charge is 0.361 e. The summed E-state index contributed by atoms with van der Waals surface area (Å²) in [6.45, 7) is 0.600. The maximum atomic E-state index is 13.4. The van der Waals surface area contributed by atoms with E-state index in [1.807, 2.05) is 18.2 Å². The Balaban J connectivity index is 1.33. The van der Waals surface area contributed by atoms with E-state index in [0.29, 0.717) is 24.9 Å². The molecule has 1 aromatic carbocycles. The summed E-state index contributed by atoms with van der Waals surface area (Å²) in [5, 5.41) is 5.56. The van der Waals surface area contributed by atoms with E-state index in [1.165, 1.54) is 36.0 Å². The van der Waals surface area contributed by atoms with Crippen molar-refractivity contribution in [2.75, 3.05) is 11.9 Å². The monoisotopic (exact) mass is 433 g/mol. The first-order chi connectivity index (χ1) is 14.4. The number of hydrogen-bond acceptors (Lipinski definition) is 6. The highest BCUT2D eigenvalue weighted by atomic mass is 32.1. The second-order valence-electron chi connectivity index (χ2n) is 6.54. The molecule has 10 heteroatoms. The number of hydrogen-bond donors (Lipinski definition) is 1. The van der Waals surface area contributed by atoms with E-state index in [-0.39, 0.29) is 0 Å². The van der Waals surface area contributed by atoms with Crippen LogP contribution in [-0.2, 0) is 12.6 Å². The van der Waals surface area contributed by atoms with Gasteiger partial charge in [-0.15, -0.1) is 0 Å². The van der Waals surface area contributed by atoms with Crippen molar-refractivity contribution in [2.24, 2.45) is 0 Å². The van der Waals surface area contributed by atoms with Gasteiger partial charge < -0.3 is 5.32 Å². The minimum atomic E-state index is -4.53. The Bertz CT molecular complexity index is 1160. The number of aryl methyl sites for hydroxylation is 1. The van der Waals surface area contributed by atoms with Crippen LogP contribution < -0.4 is 5.32 Å². The first kappa shape index (κ1) is 20.1. The molecule has 0 amide bonds. The Labute approximate surface area is 172 Å². The van der Waals surface area contributed by atoms with Gasteiger partial charge in [-0.1, -0.05) is 23.5 Å². The molecule has 0 unspecified atom stereocenters. The fourth-order valence-electron chi connectivity index (χ4n) is 2.87. The Kier molecular flexibility index (Phi) is 5.58. The van der Waals surface area contributed by atoms with Crippen LogP contribution >= 0.6 is 11.3 Å². The Hall–Kier alpha value is -3.14. The number of thiazole rings is 1. The van der Waals surface area contributed by atoms with Gasteiger partial charge in [0.15, 0.2) is 5.13 Å². The van der Waals surface area contributed by atoms with Crippen LogP contribution in [0, 0.1) is 5.95 Å². The maximum absolute atomic E-state index is 13.4. The number of nitrogens with one attached hydrogen (secondary N) is 1. The molecule has 0 aliphatic carbocycles. The van der Waals surface area contributed by atoms with Crippen molar-refractivity contribution in [3.8, 4) is 10.4 Å². The number of halogens is 4. The standard InChI is InChI=1S/C20H15F4N5S/c21-17-7-15-6-13(3-4-14(15)10-26-17)16-11-29-19(30-16)25-5-1-2-12-8-27-18(28-9-12)20(22,23)24/h3-4,6-11H,1-2,5H2,(H,25,29). The predicted octanol–water partition coefficient (Wildman–Crippen LogP) is 5.35. The molecule has 3 heterocycles. The Morgan fingerprint density at radius 2 is 1.70 bits per heavy atom. The molecule has 0 aliphatic rings. The van der Waals surface area contributed by atoms with E-state index in [4.69, 9.17) is 0 Å². The van der Waals surface area contributed by atoms with Gasteiger partial charge in [0.25, 0.3) is 0 Å². The molecule has 0 saturated carbocycles. The van der Waals surface area contributed by atoms with Gasteiger partial charge in [0, 0.05) is 42.8 Å². The SMILES string of the molecule is Fc1cc2cc(-c3cnc(NCCCc4cnc(C(F)(F)F)nc4)s3)ccc2cn1. The van der Waals surface area contributed by atoms with Crippen molar-refractivity contribution < 1.29 is 17.6 Å². The lowest BCUT2D eigenvalue weighted by Crippen LogP contribution is -2.11. The van der Waals surface area contributed by atoms with Gasteiger partial charge in [-0.2, -0.15) is 17.6 Å². The Morgan fingerprint density at radius 3 is 2.47 bits per heavy atom. The number of pyridine rings is 1. The molecule has 0 saturated heterocycles. The summed E-state index contributed by atoms with van der Waals surface area (Å²) in [5.74, 6) is -1.66. The zero-order chi connectivity index (χ0) is 21.1. The van der Waals surface area contributed by atoms with E-state index in [2.05, 4.69) is 25.3 Å². The van der Waals surface area contributed by atoms with Gasteiger partial charge in [-0.3, -0.25) is 0 Å². The van der Waals surface area contributed by atoms with Gasteiger partial charge in [-0.05, 0) is 35.4 Å². The van der Waals surface area contributed by atoms with Crippen LogP contribution in [0.5, 0.6) is 0 Å². The zero-order valence-electron chi connectivity index (χ0n) is 15.4. The quantitative estimate of drug-likeness (QED) is 0.252. The highest BCUT2D eigenvalue weighted by Gasteiger charge is 2.34. The average Bonchev–Trinajstić information content (AvgIpc) is 3.19.